The third-order valence-corrected chi connectivity index (χ3v) is 4.09. The van der Waals surface area contributed by atoms with Crippen LogP contribution in [0.25, 0.3) is 0 Å². The zero-order valence-corrected chi connectivity index (χ0v) is 13.5. The summed E-state index contributed by atoms with van der Waals surface area (Å²) in [5.74, 6) is 2.35. The van der Waals surface area contributed by atoms with Gasteiger partial charge in [-0.25, -0.2) is 0 Å². The number of aryl methyl sites for hydroxylation is 1. The van der Waals surface area contributed by atoms with Crippen molar-refractivity contribution in [1.82, 2.24) is 30.0 Å². The Morgan fingerprint density at radius 3 is 3.09 bits per heavy atom. The molecule has 1 unspecified atom stereocenters. The molecular formula is C15H20N6O2. The highest BCUT2D eigenvalue weighted by atomic mass is 16.5. The van der Waals surface area contributed by atoms with Gasteiger partial charge in [-0.05, 0) is 26.1 Å². The van der Waals surface area contributed by atoms with E-state index in [1.165, 1.54) is 0 Å². The van der Waals surface area contributed by atoms with E-state index in [0.29, 0.717) is 31.1 Å². The molecule has 0 saturated carbocycles. The summed E-state index contributed by atoms with van der Waals surface area (Å²) in [6.07, 6.45) is 1.68. The number of methoxy groups -OCH3 is 1. The van der Waals surface area contributed by atoms with Gasteiger partial charge in [0, 0.05) is 6.20 Å². The van der Waals surface area contributed by atoms with Crippen molar-refractivity contribution in [3.05, 3.63) is 35.7 Å². The number of nitrogens with one attached hydrogen (secondary N) is 1. The second-order valence-electron chi connectivity index (χ2n) is 5.58. The van der Waals surface area contributed by atoms with Crippen molar-refractivity contribution in [3.8, 4) is 5.75 Å². The van der Waals surface area contributed by atoms with Gasteiger partial charge >= 0.3 is 0 Å². The van der Waals surface area contributed by atoms with Gasteiger partial charge in [-0.2, -0.15) is 0 Å². The molecule has 0 spiro atoms. The Labute approximate surface area is 134 Å². The molecule has 1 aliphatic heterocycles. The molecule has 122 valence electrons. The van der Waals surface area contributed by atoms with Crippen molar-refractivity contribution < 1.29 is 9.53 Å². The normalized spacial score (nSPS) is 17.6. The maximum atomic E-state index is 12.5. The topological polar surface area (TPSA) is 85.2 Å². The Morgan fingerprint density at radius 1 is 1.48 bits per heavy atom. The molecule has 1 amide bonds. The predicted molar refractivity (Wildman–Crippen MR) is 82.6 cm³/mol. The second-order valence-corrected chi connectivity index (χ2v) is 5.58. The van der Waals surface area contributed by atoms with E-state index in [1.54, 1.807) is 19.4 Å². The Kier molecular flexibility index (Phi) is 4.24. The molecule has 3 rings (SSSR count). The number of fused-ring (bicyclic) bond motifs is 1. The van der Waals surface area contributed by atoms with Gasteiger partial charge in [0.1, 0.15) is 29.1 Å². The lowest BCUT2D eigenvalue weighted by molar-refractivity contribution is -0.127. The highest BCUT2D eigenvalue weighted by Crippen LogP contribution is 2.17. The maximum absolute atomic E-state index is 12.5. The molecule has 8 heteroatoms. The fraction of sp³-hybridized carbons (Fsp3) is 0.467. The summed E-state index contributed by atoms with van der Waals surface area (Å²) in [5, 5.41) is 11.1. The number of aromatic nitrogens is 4. The molecule has 1 aliphatic rings. The highest BCUT2D eigenvalue weighted by Gasteiger charge is 2.31. The number of hydrogen-bond donors (Lipinski definition) is 1. The third kappa shape index (κ3) is 3.02. The number of pyridine rings is 1. The van der Waals surface area contributed by atoms with E-state index >= 15 is 0 Å². The molecule has 8 nitrogen and oxygen atoms in total. The number of nitrogens with zero attached hydrogens (tertiary/aromatic N) is 5. The number of rotatable bonds is 4. The van der Waals surface area contributed by atoms with Crippen LogP contribution in [0, 0.1) is 6.92 Å². The van der Waals surface area contributed by atoms with E-state index in [2.05, 4.69) is 20.5 Å². The van der Waals surface area contributed by atoms with Gasteiger partial charge in [0.2, 0.25) is 5.91 Å². The summed E-state index contributed by atoms with van der Waals surface area (Å²) in [5.41, 5.74) is 0.711. The van der Waals surface area contributed by atoms with Gasteiger partial charge in [0.25, 0.3) is 0 Å². The quantitative estimate of drug-likeness (QED) is 0.862. The molecule has 3 heterocycles. The predicted octanol–water partition coefficient (Wildman–Crippen LogP) is 0.121. The van der Waals surface area contributed by atoms with Crippen molar-refractivity contribution in [2.24, 2.45) is 0 Å². The SMILES string of the molecule is COc1cccnc1CNC(=O)C1Cn2c(C)nnc2CN1C. The summed E-state index contributed by atoms with van der Waals surface area (Å²) < 4.78 is 7.24. The molecule has 23 heavy (non-hydrogen) atoms. The van der Waals surface area contributed by atoms with Crippen LogP contribution in [0.4, 0.5) is 0 Å². The number of hydrogen-bond acceptors (Lipinski definition) is 6. The molecule has 0 aliphatic carbocycles. The lowest BCUT2D eigenvalue weighted by Crippen LogP contribution is -2.50. The summed E-state index contributed by atoms with van der Waals surface area (Å²) in [4.78, 5) is 18.8. The Morgan fingerprint density at radius 2 is 2.30 bits per heavy atom. The molecule has 1 atom stereocenters. The van der Waals surface area contributed by atoms with Crippen LogP contribution in [0.3, 0.4) is 0 Å². The summed E-state index contributed by atoms with van der Waals surface area (Å²) >= 11 is 0. The lowest BCUT2D eigenvalue weighted by atomic mass is 10.2. The van der Waals surface area contributed by atoms with Crippen LogP contribution in [-0.4, -0.2) is 50.8 Å². The minimum absolute atomic E-state index is 0.0426. The lowest BCUT2D eigenvalue weighted by Gasteiger charge is -2.32. The van der Waals surface area contributed by atoms with E-state index in [-0.39, 0.29) is 11.9 Å². The number of carbonyl (C=O) groups excluding carboxylic acids is 1. The average molecular weight is 316 g/mol. The maximum Gasteiger partial charge on any atom is 0.239 e. The van der Waals surface area contributed by atoms with Crippen LogP contribution in [0.5, 0.6) is 5.75 Å². The Balaban J connectivity index is 1.68. The van der Waals surface area contributed by atoms with Crippen LogP contribution in [0.15, 0.2) is 18.3 Å². The van der Waals surface area contributed by atoms with E-state index in [0.717, 1.165) is 11.6 Å². The molecule has 0 radical (unpaired) electrons. The zero-order valence-electron chi connectivity index (χ0n) is 13.5. The van der Waals surface area contributed by atoms with Crippen molar-refractivity contribution in [3.63, 3.8) is 0 Å². The fourth-order valence-corrected chi connectivity index (χ4v) is 2.74. The molecule has 2 aromatic rings. The van der Waals surface area contributed by atoms with Crippen LogP contribution < -0.4 is 10.1 Å². The fourth-order valence-electron chi connectivity index (χ4n) is 2.74. The first-order valence-electron chi connectivity index (χ1n) is 7.44. The Bertz CT molecular complexity index is 714. The van der Waals surface area contributed by atoms with Gasteiger partial charge in [-0.1, -0.05) is 0 Å². The Hall–Kier alpha value is -2.48. The first-order chi connectivity index (χ1) is 11.1. The monoisotopic (exact) mass is 316 g/mol. The number of carbonyl (C=O) groups is 1. The van der Waals surface area contributed by atoms with Gasteiger partial charge in [-0.3, -0.25) is 14.7 Å². The van der Waals surface area contributed by atoms with Crippen LogP contribution in [0.1, 0.15) is 17.3 Å². The van der Waals surface area contributed by atoms with Crippen molar-refractivity contribution in [2.75, 3.05) is 14.2 Å². The zero-order chi connectivity index (χ0) is 16.4. The average Bonchev–Trinajstić information content (AvgIpc) is 2.92. The van der Waals surface area contributed by atoms with E-state index in [4.69, 9.17) is 4.74 Å². The van der Waals surface area contributed by atoms with Crippen molar-refractivity contribution in [2.45, 2.75) is 32.6 Å². The summed E-state index contributed by atoms with van der Waals surface area (Å²) in [6, 6.07) is 3.37. The van der Waals surface area contributed by atoms with Crippen LogP contribution in [0.2, 0.25) is 0 Å². The molecule has 0 bridgehead atoms. The summed E-state index contributed by atoms with van der Waals surface area (Å²) in [7, 11) is 3.51. The van der Waals surface area contributed by atoms with E-state index < -0.39 is 0 Å². The van der Waals surface area contributed by atoms with Gasteiger partial charge in [0.15, 0.2) is 0 Å². The van der Waals surface area contributed by atoms with Crippen molar-refractivity contribution in [1.29, 1.82) is 0 Å². The molecule has 2 aromatic heterocycles. The van der Waals surface area contributed by atoms with Crippen LogP contribution in [-0.2, 0) is 24.4 Å². The first kappa shape index (κ1) is 15.4. The van der Waals surface area contributed by atoms with E-state index in [1.807, 2.05) is 29.5 Å². The number of amides is 1. The van der Waals surface area contributed by atoms with Gasteiger partial charge < -0.3 is 14.6 Å². The smallest absolute Gasteiger partial charge is 0.239 e. The largest absolute Gasteiger partial charge is 0.495 e. The standard InChI is InChI=1S/C15H20N6O2/c1-10-18-19-14-9-20(2)12(8-21(10)14)15(22)17-7-11-13(23-3)5-4-6-16-11/h4-6,12H,7-9H2,1-3H3,(H,17,22). The van der Waals surface area contributed by atoms with Gasteiger partial charge in [0.05, 0.1) is 26.7 Å². The minimum Gasteiger partial charge on any atom is -0.495 e. The molecule has 1 N–H and O–H groups in total. The number of ether oxygens (including phenoxy) is 1. The molecular weight excluding hydrogens is 296 g/mol. The molecule has 0 fully saturated rings. The first-order valence-corrected chi connectivity index (χ1v) is 7.44. The molecule has 0 aromatic carbocycles. The minimum atomic E-state index is -0.257. The number of likely N-dealkylation sites (N-methyl/N-ethyl adjacent to an activating group) is 1. The van der Waals surface area contributed by atoms with Gasteiger partial charge in [-0.15, -0.1) is 10.2 Å². The van der Waals surface area contributed by atoms with Crippen LogP contribution >= 0.6 is 0 Å². The highest BCUT2D eigenvalue weighted by molar-refractivity contribution is 5.81. The molecule has 0 saturated heterocycles. The van der Waals surface area contributed by atoms with E-state index in [9.17, 15) is 4.79 Å². The second kappa shape index (κ2) is 6.33. The summed E-state index contributed by atoms with van der Waals surface area (Å²) in [6.45, 7) is 3.39. The third-order valence-electron chi connectivity index (χ3n) is 4.09. The van der Waals surface area contributed by atoms with Crippen molar-refractivity contribution >= 4 is 5.91 Å².